The molecular weight excluding hydrogens is 282 g/mol. The first-order valence-electron chi connectivity index (χ1n) is 7.93. The van der Waals surface area contributed by atoms with Crippen LogP contribution in [0.2, 0.25) is 5.02 Å². The van der Waals surface area contributed by atoms with Gasteiger partial charge in [-0.1, -0.05) is 24.6 Å². The second-order valence-electron chi connectivity index (χ2n) is 6.44. The minimum absolute atomic E-state index is 0.218. The molecule has 0 aromatic heterocycles. The van der Waals surface area contributed by atoms with Crippen molar-refractivity contribution in [2.45, 2.75) is 32.2 Å². The summed E-state index contributed by atoms with van der Waals surface area (Å²) in [7, 11) is 4.37. The highest BCUT2D eigenvalue weighted by Crippen LogP contribution is 2.27. The number of nitrogens with two attached hydrogens (primary N) is 1. The van der Waals surface area contributed by atoms with Gasteiger partial charge in [-0.25, -0.2) is 0 Å². The molecule has 2 rings (SSSR count). The number of likely N-dealkylation sites (tertiary alicyclic amines) is 1. The molecule has 0 amide bonds. The third-order valence-corrected chi connectivity index (χ3v) is 4.72. The molecule has 1 saturated heterocycles. The van der Waals surface area contributed by atoms with Crippen LogP contribution in [0.3, 0.4) is 0 Å². The Morgan fingerprint density at radius 2 is 2.24 bits per heavy atom. The fourth-order valence-corrected chi connectivity index (χ4v) is 3.32. The van der Waals surface area contributed by atoms with Crippen LogP contribution >= 0.6 is 11.6 Å². The molecule has 4 heteroatoms. The summed E-state index contributed by atoms with van der Waals surface area (Å²) >= 11 is 6.20. The molecular formula is C17H28ClN3. The molecule has 1 aromatic rings. The van der Waals surface area contributed by atoms with Crippen molar-refractivity contribution >= 4 is 17.3 Å². The minimum atomic E-state index is 0.218. The quantitative estimate of drug-likeness (QED) is 0.877. The van der Waals surface area contributed by atoms with Crippen molar-refractivity contribution in [2.75, 3.05) is 38.6 Å². The van der Waals surface area contributed by atoms with Crippen molar-refractivity contribution in [3.63, 3.8) is 0 Å². The molecule has 0 bridgehead atoms. The largest absolute Gasteiger partial charge is 0.374 e. The zero-order valence-corrected chi connectivity index (χ0v) is 14.2. The Balaban J connectivity index is 2.10. The van der Waals surface area contributed by atoms with Gasteiger partial charge in [0.05, 0.1) is 0 Å². The fraction of sp³-hybridized carbons (Fsp3) is 0.647. The van der Waals surface area contributed by atoms with Crippen LogP contribution < -0.4 is 10.6 Å². The number of benzene rings is 1. The van der Waals surface area contributed by atoms with Gasteiger partial charge in [-0.05, 0) is 56.5 Å². The van der Waals surface area contributed by atoms with Crippen molar-refractivity contribution in [3.8, 4) is 0 Å². The summed E-state index contributed by atoms with van der Waals surface area (Å²) in [5, 5.41) is 0.800. The predicted molar refractivity (Wildman–Crippen MR) is 92.3 cm³/mol. The Morgan fingerprint density at radius 1 is 1.48 bits per heavy atom. The molecule has 0 radical (unpaired) electrons. The number of hydrogen-bond acceptors (Lipinski definition) is 3. The van der Waals surface area contributed by atoms with Gasteiger partial charge in [-0.15, -0.1) is 0 Å². The number of rotatable bonds is 6. The lowest BCUT2D eigenvalue weighted by molar-refractivity contribution is 0.396. The maximum Gasteiger partial charge on any atom is 0.0426 e. The molecule has 2 N–H and O–H groups in total. The Hall–Kier alpha value is -0.770. The zero-order valence-electron chi connectivity index (χ0n) is 13.5. The van der Waals surface area contributed by atoms with E-state index in [1.54, 1.807) is 0 Å². The summed E-state index contributed by atoms with van der Waals surface area (Å²) in [6, 6.07) is 6.40. The summed E-state index contributed by atoms with van der Waals surface area (Å²) < 4.78 is 0. The highest BCUT2D eigenvalue weighted by Gasteiger charge is 2.22. The highest BCUT2D eigenvalue weighted by atomic mass is 35.5. The smallest absolute Gasteiger partial charge is 0.0426 e. The van der Waals surface area contributed by atoms with E-state index in [0.717, 1.165) is 30.3 Å². The van der Waals surface area contributed by atoms with Crippen molar-refractivity contribution in [3.05, 3.63) is 28.8 Å². The Bertz CT molecular complexity index is 463. The maximum atomic E-state index is 6.20. The topological polar surface area (TPSA) is 32.5 Å². The van der Waals surface area contributed by atoms with Gasteiger partial charge in [0, 0.05) is 36.9 Å². The third-order valence-electron chi connectivity index (χ3n) is 4.49. The number of halogens is 1. The highest BCUT2D eigenvalue weighted by molar-refractivity contribution is 6.30. The SMILES string of the molecule is CCC(N)Cc1ccc(Cl)cc1N(C)CC1CCN(C)C1. The zero-order chi connectivity index (χ0) is 15.4. The van der Waals surface area contributed by atoms with Gasteiger partial charge < -0.3 is 15.5 Å². The molecule has 1 fully saturated rings. The van der Waals surface area contributed by atoms with Crippen molar-refractivity contribution in [1.82, 2.24) is 4.90 Å². The van der Waals surface area contributed by atoms with Crippen molar-refractivity contribution < 1.29 is 0 Å². The van der Waals surface area contributed by atoms with Crippen LogP contribution in [0.25, 0.3) is 0 Å². The van der Waals surface area contributed by atoms with Gasteiger partial charge in [-0.2, -0.15) is 0 Å². The average molecular weight is 310 g/mol. The average Bonchev–Trinajstić information content (AvgIpc) is 2.85. The first-order chi connectivity index (χ1) is 9.99. The standard InChI is InChI=1S/C17H28ClN3/c1-4-16(19)9-14-5-6-15(18)10-17(14)21(3)12-13-7-8-20(2)11-13/h5-6,10,13,16H,4,7-9,11-12,19H2,1-3H3. The molecule has 118 valence electrons. The molecule has 0 saturated carbocycles. The lowest BCUT2D eigenvalue weighted by Gasteiger charge is -2.26. The molecule has 0 spiro atoms. The van der Waals surface area contributed by atoms with E-state index in [-0.39, 0.29) is 6.04 Å². The van der Waals surface area contributed by atoms with E-state index in [2.05, 4.69) is 43.0 Å². The van der Waals surface area contributed by atoms with E-state index in [0.29, 0.717) is 0 Å². The summed E-state index contributed by atoms with van der Waals surface area (Å²) in [4.78, 5) is 4.76. The number of nitrogens with zero attached hydrogens (tertiary/aromatic N) is 2. The van der Waals surface area contributed by atoms with Gasteiger partial charge in [0.15, 0.2) is 0 Å². The molecule has 3 nitrogen and oxygen atoms in total. The third kappa shape index (κ3) is 4.60. The molecule has 1 aromatic carbocycles. The minimum Gasteiger partial charge on any atom is -0.374 e. The Labute approximate surface area is 134 Å². The second-order valence-corrected chi connectivity index (χ2v) is 6.88. The lowest BCUT2D eigenvalue weighted by atomic mass is 10.0. The lowest BCUT2D eigenvalue weighted by Crippen LogP contribution is -2.29. The second kappa shape index (κ2) is 7.48. The van der Waals surface area contributed by atoms with Gasteiger partial charge in [0.25, 0.3) is 0 Å². The van der Waals surface area contributed by atoms with Gasteiger partial charge in [-0.3, -0.25) is 0 Å². The molecule has 1 aliphatic heterocycles. The molecule has 2 atom stereocenters. The summed E-state index contributed by atoms with van der Waals surface area (Å²) in [6.45, 7) is 5.62. The van der Waals surface area contributed by atoms with Crippen LogP contribution in [-0.2, 0) is 6.42 Å². The van der Waals surface area contributed by atoms with Crippen molar-refractivity contribution in [2.24, 2.45) is 11.7 Å². The first-order valence-corrected chi connectivity index (χ1v) is 8.31. The van der Waals surface area contributed by atoms with E-state index >= 15 is 0 Å². The van der Waals surface area contributed by atoms with Crippen LogP contribution in [-0.4, -0.2) is 44.7 Å². The van der Waals surface area contributed by atoms with E-state index < -0.39 is 0 Å². The predicted octanol–water partition coefficient (Wildman–Crippen LogP) is 3.01. The van der Waals surface area contributed by atoms with Crippen LogP contribution in [0.1, 0.15) is 25.3 Å². The van der Waals surface area contributed by atoms with Crippen LogP contribution in [0, 0.1) is 5.92 Å². The normalized spacial score (nSPS) is 20.7. The van der Waals surface area contributed by atoms with Gasteiger partial charge in [0.2, 0.25) is 0 Å². The molecule has 1 heterocycles. The molecule has 0 aliphatic carbocycles. The van der Waals surface area contributed by atoms with Gasteiger partial charge in [0.1, 0.15) is 0 Å². The molecule has 21 heavy (non-hydrogen) atoms. The van der Waals surface area contributed by atoms with E-state index in [4.69, 9.17) is 17.3 Å². The van der Waals surface area contributed by atoms with Gasteiger partial charge >= 0.3 is 0 Å². The number of hydrogen-bond donors (Lipinski definition) is 1. The van der Waals surface area contributed by atoms with E-state index in [1.807, 2.05) is 6.07 Å². The first kappa shape index (κ1) is 16.6. The van der Waals surface area contributed by atoms with E-state index in [1.165, 1.54) is 30.8 Å². The van der Waals surface area contributed by atoms with Crippen LogP contribution in [0.4, 0.5) is 5.69 Å². The van der Waals surface area contributed by atoms with E-state index in [9.17, 15) is 0 Å². The van der Waals surface area contributed by atoms with Crippen LogP contribution in [0.15, 0.2) is 18.2 Å². The molecule has 2 unspecified atom stereocenters. The summed E-state index contributed by atoms with van der Waals surface area (Å²) in [5.41, 5.74) is 8.68. The fourth-order valence-electron chi connectivity index (χ4n) is 3.15. The molecule has 1 aliphatic rings. The Morgan fingerprint density at radius 3 is 2.86 bits per heavy atom. The summed E-state index contributed by atoms with van der Waals surface area (Å²) in [6.07, 6.45) is 3.20. The van der Waals surface area contributed by atoms with Crippen molar-refractivity contribution in [1.29, 1.82) is 0 Å². The monoisotopic (exact) mass is 309 g/mol. The maximum absolute atomic E-state index is 6.20. The Kier molecular flexibility index (Phi) is 5.91. The van der Waals surface area contributed by atoms with Crippen LogP contribution in [0.5, 0.6) is 0 Å². The summed E-state index contributed by atoms with van der Waals surface area (Å²) in [5.74, 6) is 0.742. The number of anilines is 1.